The molecule has 1 aliphatic carbocycles. The van der Waals surface area contributed by atoms with Gasteiger partial charge in [-0.2, -0.15) is 0 Å². The predicted octanol–water partition coefficient (Wildman–Crippen LogP) is 2.93. The number of rotatable bonds is 7. The van der Waals surface area contributed by atoms with E-state index in [9.17, 15) is 0 Å². The summed E-state index contributed by atoms with van der Waals surface area (Å²) in [5, 5.41) is 3.37. The molecular formula is C14H22N2O. The maximum absolute atomic E-state index is 5.62. The van der Waals surface area contributed by atoms with Crippen molar-refractivity contribution >= 4 is 0 Å². The second kappa shape index (κ2) is 6.01. The minimum Gasteiger partial charge on any atom is -0.478 e. The number of hydrogen-bond donors (Lipinski definition) is 1. The largest absolute Gasteiger partial charge is 0.478 e. The highest BCUT2D eigenvalue weighted by molar-refractivity contribution is 5.20. The first kappa shape index (κ1) is 12.4. The quantitative estimate of drug-likeness (QED) is 0.787. The van der Waals surface area contributed by atoms with Gasteiger partial charge in [0.25, 0.3) is 0 Å². The van der Waals surface area contributed by atoms with E-state index in [1.807, 2.05) is 12.3 Å². The van der Waals surface area contributed by atoms with E-state index in [1.54, 1.807) is 0 Å². The summed E-state index contributed by atoms with van der Waals surface area (Å²) in [6.45, 7) is 6.04. The second-order valence-electron chi connectivity index (χ2n) is 4.79. The molecule has 0 saturated heterocycles. The monoisotopic (exact) mass is 234 g/mol. The third-order valence-corrected chi connectivity index (χ3v) is 3.24. The molecule has 17 heavy (non-hydrogen) atoms. The van der Waals surface area contributed by atoms with E-state index in [0.717, 1.165) is 24.9 Å². The topological polar surface area (TPSA) is 34.1 Å². The Bertz CT molecular complexity index is 333. The van der Waals surface area contributed by atoms with E-state index in [2.05, 4.69) is 30.2 Å². The lowest BCUT2D eigenvalue weighted by Gasteiger charge is -2.12. The van der Waals surface area contributed by atoms with Crippen LogP contribution in [0.25, 0.3) is 0 Å². The summed E-state index contributed by atoms with van der Waals surface area (Å²) in [5.41, 5.74) is 1.21. The predicted molar refractivity (Wildman–Crippen MR) is 69.2 cm³/mol. The zero-order valence-corrected chi connectivity index (χ0v) is 10.8. The van der Waals surface area contributed by atoms with Crippen LogP contribution in [0.2, 0.25) is 0 Å². The number of ether oxygens (including phenoxy) is 1. The minimum atomic E-state index is 0.355. The van der Waals surface area contributed by atoms with E-state index in [1.165, 1.54) is 24.8 Å². The van der Waals surface area contributed by atoms with Gasteiger partial charge in [-0.3, -0.25) is 0 Å². The zero-order chi connectivity index (χ0) is 12.1. The van der Waals surface area contributed by atoms with E-state index >= 15 is 0 Å². The summed E-state index contributed by atoms with van der Waals surface area (Å²) in [4.78, 5) is 4.34. The van der Waals surface area contributed by atoms with Crippen molar-refractivity contribution in [3.05, 3.63) is 23.9 Å². The molecule has 2 rings (SSSR count). The van der Waals surface area contributed by atoms with E-state index < -0.39 is 0 Å². The maximum Gasteiger partial charge on any atom is 0.213 e. The zero-order valence-electron chi connectivity index (χ0n) is 10.8. The van der Waals surface area contributed by atoms with E-state index in [4.69, 9.17) is 4.74 Å². The van der Waals surface area contributed by atoms with Crippen molar-refractivity contribution in [3.8, 4) is 5.88 Å². The summed E-state index contributed by atoms with van der Waals surface area (Å²) < 4.78 is 5.62. The fourth-order valence-electron chi connectivity index (χ4n) is 1.89. The van der Waals surface area contributed by atoms with Gasteiger partial charge in [-0.1, -0.05) is 25.8 Å². The van der Waals surface area contributed by atoms with Crippen LogP contribution in [-0.2, 0) is 0 Å². The smallest absolute Gasteiger partial charge is 0.213 e. The van der Waals surface area contributed by atoms with Crippen molar-refractivity contribution in [1.29, 1.82) is 0 Å². The van der Waals surface area contributed by atoms with Gasteiger partial charge in [-0.05, 0) is 31.4 Å². The SMILES string of the molecule is CCNC(C)c1ccc(OCCC2CC2)nc1. The van der Waals surface area contributed by atoms with Gasteiger partial charge in [-0.15, -0.1) is 0 Å². The Morgan fingerprint density at radius 3 is 2.88 bits per heavy atom. The average molecular weight is 234 g/mol. The van der Waals surface area contributed by atoms with Gasteiger partial charge >= 0.3 is 0 Å². The molecule has 1 unspecified atom stereocenters. The molecule has 0 aromatic carbocycles. The first-order valence-corrected chi connectivity index (χ1v) is 6.61. The van der Waals surface area contributed by atoms with Gasteiger partial charge in [0.2, 0.25) is 5.88 Å². The maximum atomic E-state index is 5.62. The highest BCUT2D eigenvalue weighted by Crippen LogP contribution is 2.32. The molecule has 1 atom stereocenters. The van der Waals surface area contributed by atoms with E-state index in [-0.39, 0.29) is 0 Å². The molecule has 0 radical (unpaired) electrons. The Labute approximate surface area is 104 Å². The van der Waals surface area contributed by atoms with Gasteiger partial charge in [0.05, 0.1) is 6.61 Å². The third-order valence-electron chi connectivity index (χ3n) is 3.24. The number of hydrogen-bond acceptors (Lipinski definition) is 3. The molecule has 3 nitrogen and oxygen atoms in total. The molecule has 0 spiro atoms. The summed E-state index contributed by atoms with van der Waals surface area (Å²) >= 11 is 0. The van der Waals surface area contributed by atoms with Gasteiger partial charge in [0, 0.05) is 18.3 Å². The molecule has 1 saturated carbocycles. The van der Waals surface area contributed by atoms with Gasteiger partial charge < -0.3 is 10.1 Å². The average Bonchev–Trinajstić information content (AvgIpc) is 3.14. The van der Waals surface area contributed by atoms with Crippen LogP contribution in [0.3, 0.4) is 0 Å². The number of pyridine rings is 1. The summed E-state index contributed by atoms with van der Waals surface area (Å²) in [6, 6.07) is 4.41. The first-order chi connectivity index (χ1) is 8.29. The van der Waals surface area contributed by atoms with Crippen molar-refractivity contribution in [1.82, 2.24) is 10.3 Å². The van der Waals surface area contributed by atoms with Crippen molar-refractivity contribution in [2.75, 3.05) is 13.2 Å². The highest BCUT2D eigenvalue weighted by atomic mass is 16.5. The van der Waals surface area contributed by atoms with Crippen LogP contribution < -0.4 is 10.1 Å². The lowest BCUT2D eigenvalue weighted by Crippen LogP contribution is -2.17. The number of nitrogens with zero attached hydrogens (tertiary/aromatic N) is 1. The molecule has 1 aromatic heterocycles. The van der Waals surface area contributed by atoms with E-state index in [0.29, 0.717) is 6.04 Å². The fourth-order valence-corrected chi connectivity index (χ4v) is 1.89. The normalized spacial score (nSPS) is 16.8. The Kier molecular flexibility index (Phi) is 4.37. The lowest BCUT2D eigenvalue weighted by molar-refractivity contribution is 0.291. The Hall–Kier alpha value is -1.09. The molecule has 0 bridgehead atoms. The molecule has 0 amide bonds. The standard InChI is InChI=1S/C14H22N2O/c1-3-15-11(2)13-6-7-14(16-10-13)17-9-8-12-4-5-12/h6-7,10-12,15H,3-5,8-9H2,1-2H3. The molecule has 1 fully saturated rings. The number of nitrogens with one attached hydrogen (secondary N) is 1. The van der Waals surface area contributed by atoms with Gasteiger partial charge in [0.15, 0.2) is 0 Å². The van der Waals surface area contributed by atoms with Crippen molar-refractivity contribution in [2.24, 2.45) is 5.92 Å². The van der Waals surface area contributed by atoms with Crippen molar-refractivity contribution in [2.45, 2.75) is 39.2 Å². The van der Waals surface area contributed by atoms with Crippen molar-refractivity contribution < 1.29 is 4.74 Å². The van der Waals surface area contributed by atoms with Crippen LogP contribution in [-0.4, -0.2) is 18.1 Å². The second-order valence-corrected chi connectivity index (χ2v) is 4.79. The molecule has 1 N–H and O–H groups in total. The molecule has 1 aliphatic rings. The molecule has 94 valence electrons. The summed E-state index contributed by atoms with van der Waals surface area (Å²) in [5.74, 6) is 1.67. The van der Waals surface area contributed by atoms with Crippen LogP contribution in [0, 0.1) is 5.92 Å². The molecule has 3 heteroatoms. The van der Waals surface area contributed by atoms with Crippen LogP contribution in [0.5, 0.6) is 5.88 Å². The van der Waals surface area contributed by atoms with Crippen LogP contribution in [0.15, 0.2) is 18.3 Å². The first-order valence-electron chi connectivity index (χ1n) is 6.61. The van der Waals surface area contributed by atoms with Crippen LogP contribution in [0.4, 0.5) is 0 Å². The molecule has 0 aliphatic heterocycles. The Morgan fingerprint density at radius 2 is 2.29 bits per heavy atom. The molecule has 1 aromatic rings. The van der Waals surface area contributed by atoms with Gasteiger partial charge in [-0.25, -0.2) is 4.98 Å². The fraction of sp³-hybridized carbons (Fsp3) is 0.643. The Morgan fingerprint density at radius 1 is 1.47 bits per heavy atom. The summed E-state index contributed by atoms with van der Waals surface area (Å²) in [6.07, 6.45) is 5.85. The third kappa shape index (κ3) is 4.00. The number of aromatic nitrogens is 1. The molecular weight excluding hydrogens is 212 g/mol. The van der Waals surface area contributed by atoms with Crippen LogP contribution >= 0.6 is 0 Å². The van der Waals surface area contributed by atoms with Gasteiger partial charge in [0.1, 0.15) is 0 Å². The molecule has 1 heterocycles. The summed E-state index contributed by atoms with van der Waals surface area (Å²) in [7, 11) is 0. The Balaban J connectivity index is 1.79. The highest BCUT2D eigenvalue weighted by Gasteiger charge is 2.20. The van der Waals surface area contributed by atoms with Crippen molar-refractivity contribution in [3.63, 3.8) is 0 Å². The lowest BCUT2D eigenvalue weighted by atomic mass is 10.1. The minimum absolute atomic E-state index is 0.355. The van der Waals surface area contributed by atoms with Crippen LogP contribution in [0.1, 0.15) is 44.7 Å².